The predicted molar refractivity (Wildman–Crippen MR) is 79.6 cm³/mol. The SMILES string of the molecule is COCCNC(=O)NC(=O)CNc1cc(C)ccc1OC. The van der Waals surface area contributed by atoms with Gasteiger partial charge in [0.15, 0.2) is 0 Å². The van der Waals surface area contributed by atoms with Gasteiger partial charge >= 0.3 is 6.03 Å². The number of amides is 3. The highest BCUT2D eigenvalue weighted by molar-refractivity contribution is 5.96. The number of carbonyl (C=O) groups excluding carboxylic acids is 2. The molecule has 7 nitrogen and oxygen atoms in total. The molecule has 1 aromatic carbocycles. The molecule has 0 bridgehead atoms. The van der Waals surface area contributed by atoms with Gasteiger partial charge < -0.3 is 20.1 Å². The van der Waals surface area contributed by atoms with Crippen molar-refractivity contribution in [2.24, 2.45) is 0 Å². The summed E-state index contributed by atoms with van der Waals surface area (Å²) in [7, 11) is 3.09. The van der Waals surface area contributed by atoms with Crippen LogP contribution in [0.1, 0.15) is 5.56 Å². The molecule has 7 heteroatoms. The number of imide groups is 1. The van der Waals surface area contributed by atoms with Gasteiger partial charge in [-0.3, -0.25) is 10.1 Å². The van der Waals surface area contributed by atoms with Crippen molar-refractivity contribution in [3.8, 4) is 5.75 Å². The first-order valence-electron chi connectivity index (χ1n) is 6.52. The van der Waals surface area contributed by atoms with E-state index in [1.165, 1.54) is 7.11 Å². The van der Waals surface area contributed by atoms with Gasteiger partial charge in [0, 0.05) is 13.7 Å². The third-order valence-corrected chi connectivity index (χ3v) is 2.64. The van der Waals surface area contributed by atoms with Gasteiger partial charge in [0.25, 0.3) is 0 Å². The highest BCUT2D eigenvalue weighted by Crippen LogP contribution is 2.24. The number of methoxy groups -OCH3 is 2. The Labute approximate surface area is 124 Å². The topological polar surface area (TPSA) is 88.7 Å². The molecule has 0 aliphatic rings. The van der Waals surface area contributed by atoms with Crippen LogP contribution >= 0.6 is 0 Å². The Hall–Kier alpha value is -2.28. The molecule has 0 unspecified atom stereocenters. The molecule has 0 radical (unpaired) electrons. The highest BCUT2D eigenvalue weighted by atomic mass is 16.5. The number of nitrogens with one attached hydrogen (secondary N) is 3. The fourth-order valence-electron chi connectivity index (χ4n) is 1.62. The molecule has 0 saturated heterocycles. The summed E-state index contributed by atoms with van der Waals surface area (Å²) in [6.07, 6.45) is 0. The van der Waals surface area contributed by atoms with Gasteiger partial charge in [0.05, 0.1) is 25.9 Å². The molecule has 0 fully saturated rings. The minimum Gasteiger partial charge on any atom is -0.495 e. The molecular formula is C14H21N3O4. The maximum atomic E-state index is 11.6. The third-order valence-electron chi connectivity index (χ3n) is 2.64. The first-order valence-corrected chi connectivity index (χ1v) is 6.52. The van der Waals surface area contributed by atoms with Gasteiger partial charge in [-0.2, -0.15) is 0 Å². The first kappa shape index (κ1) is 16.8. The van der Waals surface area contributed by atoms with Crippen molar-refractivity contribution < 1.29 is 19.1 Å². The Bertz CT molecular complexity index is 491. The summed E-state index contributed by atoms with van der Waals surface area (Å²) < 4.78 is 9.98. The number of aryl methyl sites for hydroxylation is 1. The van der Waals surface area contributed by atoms with Crippen LogP contribution in [-0.2, 0) is 9.53 Å². The van der Waals surface area contributed by atoms with Crippen LogP contribution in [0.25, 0.3) is 0 Å². The van der Waals surface area contributed by atoms with E-state index in [2.05, 4.69) is 16.0 Å². The Balaban J connectivity index is 2.42. The summed E-state index contributed by atoms with van der Waals surface area (Å²) in [5.74, 6) is 0.200. The van der Waals surface area contributed by atoms with E-state index >= 15 is 0 Å². The van der Waals surface area contributed by atoms with Crippen LogP contribution in [0.2, 0.25) is 0 Å². The van der Waals surface area contributed by atoms with Crippen molar-refractivity contribution in [2.45, 2.75) is 6.92 Å². The molecule has 0 aliphatic heterocycles. The maximum Gasteiger partial charge on any atom is 0.321 e. The molecule has 0 saturated carbocycles. The standard InChI is InChI=1S/C14H21N3O4/c1-10-4-5-12(21-3)11(8-10)16-9-13(18)17-14(19)15-6-7-20-2/h4-5,8,16H,6-7,9H2,1-3H3,(H2,15,17,18,19). The zero-order chi connectivity index (χ0) is 15.7. The zero-order valence-corrected chi connectivity index (χ0v) is 12.5. The van der Waals surface area contributed by atoms with Crippen LogP contribution in [0, 0.1) is 6.92 Å². The molecule has 3 N–H and O–H groups in total. The average Bonchev–Trinajstić information content (AvgIpc) is 2.45. The van der Waals surface area contributed by atoms with E-state index in [9.17, 15) is 9.59 Å². The number of rotatable bonds is 7. The molecular weight excluding hydrogens is 274 g/mol. The Kier molecular flexibility index (Phi) is 7.03. The third kappa shape index (κ3) is 6.13. The van der Waals surface area contributed by atoms with E-state index in [1.54, 1.807) is 7.11 Å². The molecule has 21 heavy (non-hydrogen) atoms. The largest absolute Gasteiger partial charge is 0.495 e. The summed E-state index contributed by atoms with van der Waals surface area (Å²) >= 11 is 0. The summed E-state index contributed by atoms with van der Waals surface area (Å²) in [5, 5.41) is 7.64. The van der Waals surface area contributed by atoms with Crippen LogP contribution in [0.5, 0.6) is 5.75 Å². The van der Waals surface area contributed by atoms with Crippen molar-refractivity contribution in [1.29, 1.82) is 0 Å². The molecule has 3 amide bonds. The van der Waals surface area contributed by atoms with Gasteiger partial charge in [-0.15, -0.1) is 0 Å². The normalized spacial score (nSPS) is 9.86. The van der Waals surface area contributed by atoms with E-state index in [0.29, 0.717) is 24.6 Å². The Morgan fingerprint density at radius 1 is 1.24 bits per heavy atom. The fraction of sp³-hybridized carbons (Fsp3) is 0.429. The monoisotopic (exact) mass is 295 g/mol. The molecule has 1 rings (SSSR count). The summed E-state index contributed by atoms with van der Waals surface area (Å²) in [6.45, 7) is 2.64. The molecule has 116 valence electrons. The van der Waals surface area contributed by atoms with Gasteiger partial charge in [-0.1, -0.05) is 6.07 Å². The van der Waals surface area contributed by atoms with E-state index < -0.39 is 11.9 Å². The Morgan fingerprint density at radius 3 is 2.67 bits per heavy atom. The molecule has 0 spiro atoms. The quantitative estimate of drug-likeness (QED) is 0.650. The second-order valence-corrected chi connectivity index (χ2v) is 4.35. The van der Waals surface area contributed by atoms with Crippen molar-refractivity contribution >= 4 is 17.6 Å². The molecule has 0 atom stereocenters. The minimum absolute atomic E-state index is 0.0302. The lowest BCUT2D eigenvalue weighted by molar-refractivity contribution is -0.118. The number of hydrogen-bond donors (Lipinski definition) is 3. The lowest BCUT2D eigenvalue weighted by Gasteiger charge is -2.12. The Morgan fingerprint density at radius 2 is 2.00 bits per heavy atom. The lowest BCUT2D eigenvalue weighted by atomic mass is 10.2. The number of ether oxygens (including phenoxy) is 2. The van der Waals surface area contributed by atoms with Crippen molar-refractivity contribution in [1.82, 2.24) is 10.6 Å². The van der Waals surface area contributed by atoms with Gasteiger partial charge in [-0.05, 0) is 24.6 Å². The van der Waals surface area contributed by atoms with E-state index in [-0.39, 0.29) is 6.54 Å². The maximum absolute atomic E-state index is 11.6. The first-order chi connectivity index (χ1) is 10.1. The van der Waals surface area contributed by atoms with Gasteiger partial charge in [-0.25, -0.2) is 4.79 Å². The summed E-state index contributed by atoms with van der Waals surface area (Å²) in [5.41, 5.74) is 1.74. The van der Waals surface area contributed by atoms with Crippen molar-refractivity contribution in [3.05, 3.63) is 23.8 Å². The molecule has 0 aromatic heterocycles. The van der Waals surface area contributed by atoms with Crippen LogP contribution in [0.15, 0.2) is 18.2 Å². The van der Waals surface area contributed by atoms with Crippen LogP contribution in [0.4, 0.5) is 10.5 Å². The highest BCUT2D eigenvalue weighted by Gasteiger charge is 2.08. The lowest BCUT2D eigenvalue weighted by Crippen LogP contribution is -2.42. The number of carbonyl (C=O) groups is 2. The van der Waals surface area contributed by atoms with E-state index in [4.69, 9.17) is 9.47 Å². The van der Waals surface area contributed by atoms with Crippen LogP contribution < -0.4 is 20.7 Å². The summed E-state index contributed by atoms with van der Waals surface area (Å²) in [6, 6.07) is 5.04. The summed E-state index contributed by atoms with van der Waals surface area (Å²) in [4.78, 5) is 23.0. The van der Waals surface area contributed by atoms with Crippen molar-refractivity contribution in [3.63, 3.8) is 0 Å². The molecule has 0 aliphatic carbocycles. The predicted octanol–water partition coefficient (Wildman–Crippen LogP) is 0.888. The number of benzene rings is 1. The van der Waals surface area contributed by atoms with Gasteiger partial charge in [0.2, 0.25) is 5.91 Å². The number of anilines is 1. The van der Waals surface area contributed by atoms with E-state index in [0.717, 1.165) is 5.56 Å². The average molecular weight is 295 g/mol. The second-order valence-electron chi connectivity index (χ2n) is 4.35. The van der Waals surface area contributed by atoms with Gasteiger partial charge in [0.1, 0.15) is 5.75 Å². The fourth-order valence-corrected chi connectivity index (χ4v) is 1.62. The van der Waals surface area contributed by atoms with Crippen LogP contribution in [-0.4, -0.2) is 45.9 Å². The second kappa shape index (κ2) is 8.80. The number of hydrogen-bond acceptors (Lipinski definition) is 5. The molecule has 1 aromatic rings. The van der Waals surface area contributed by atoms with E-state index in [1.807, 2.05) is 25.1 Å². The minimum atomic E-state index is -0.546. The zero-order valence-electron chi connectivity index (χ0n) is 12.5. The molecule has 0 heterocycles. The van der Waals surface area contributed by atoms with Crippen molar-refractivity contribution in [2.75, 3.05) is 39.2 Å². The smallest absolute Gasteiger partial charge is 0.321 e. The number of urea groups is 1. The van der Waals surface area contributed by atoms with Crippen LogP contribution in [0.3, 0.4) is 0 Å².